The van der Waals surface area contributed by atoms with Crippen molar-refractivity contribution in [2.75, 3.05) is 11.2 Å². The van der Waals surface area contributed by atoms with Gasteiger partial charge in [-0.3, -0.25) is 4.79 Å². The number of nitrogens with two attached hydrogens (primary N) is 1. The lowest BCUT2D eigenvalue weighted by Gasteiger charge is -2.12. The van der Waals surface area contributed by atoms with Gasteiger partial charge in [-0.25, -0.2) is 4.68 Å². The van der Waals surface area contributed by atoms with Gasteiger partial charge >= 0.3 is 0 Å². The minimum absolute atomic E-state index is 0.127. The molecule has 0 radical (unpaired) electrons. The number of nitrogen functional groups attached to an aromatic ring is 1. The topological polar surface area (TPSA) is 95.1 Å². The third-order valence-corrected chi connectivity index (χ3v) is 5.44. The number of para-hydroxylation sites is 1. The maximum Gasteiger partial charge on any atom is 0.237 e. The summed E-state index contributed by atoms with van der Waals surface area (Å²) in [5.74, 6) is 8.60. The summed E-state index contributed by atoms with van der Waals surface area (Å²) in [5.41, 5.74) is 0.700. The Morgan fingerprint density at radius 3 is 2.50 bits per heavy atom. The molecule has 0 bridgehead atoms. The van der Waals surface area contributed by atoms with E-state index in [1.165, 1.54) is 16.4 Å². The molecule has 1 heterocycles. The van der Waals surface area contributed by atoms with Crippen molar-refractivity contribution >= 4 is 23.4 Å². The molecule has 1 unspecified atom stereocenters. The Morgan fingerprint density at radius 1 is 1.14 bits per heavy atom. The molecule has 2 aromatic carbocycles. The molecule has 1 atom stereocenters. The number of nitrogens with one attached hydrogen (secondary N) is 1. The quantitative estimate of drug-likeness (QED) is 0.467. The van der Waals surface area contributed by atoms with E-state index >= 15 is 0 Å². The number of nitrogens with zero attached hydrogens (tertiary/aromatic N) is 3. The van der Waals surface area contributed by atoms with E-state index in [1.807, 2.05) is 61.5 Å². The molecule has 0 aliphatic heterocycles. The van der Waals surface area contributed by atoms with Crippen molar-refractivity contribution < 1.29 is 9.53 Å². The molecule has 7 nitrogen and oxygen atoms in total. The van der Waals surface area contributed by atoms with Crippen molar-refractivity contribution in [3.63, 3.8) is 0 Å². The predicted molar refractivity (Wildman–Crippen MR) is 109 cm³/mol. The van der Waals surface area contributed by atoms with Gasteiger partial charge in [0.2, 0.25) is 11.1 Å². The van der Waals surface area contributed by atoms with Gasteiger partial charge in [-0.15, -0.1) is 10.2 Å². The number of anilines is 1. The van der Waals surface area contributed by atoms with Gasteiger partial charge in [-0.2, -0.15) is 0 Å². The number of aromatic nitrogens is 3. The number of benzene rings is 2. The van der Waals surface area contributed by atoms with E-state index in [2.05, 4.69) is 15.5 Å². The molecule has 3 aromatic rings. The van der Waals surface area contributed by atoms with E-state index < -0.39 is 0 Å². The summed E-state index contributed by atoms with van der Waals surface area (Å²) in [6, 6.07) is 16.8. The third-order valence-electron chi connectivity index (χ3n) is 4.39. The Hall–Kier alpha value is -3.00. The van der Waals surface area contributed by atoms with Crippen LogP contribution in [0, 0.1) is 0 Å². The molecule has 28 heavy (non-hydrogen) atoms. The van der Waals surface area contributed by atoms with Gasteiger partial charge in [0.15, 0.2) is 5.82 Å². The number of hydrogen-bond acceptors (Lipinski definition) is 6. The summed E-state index contributed by atoms with van der Waals surface area (Å²) in [5, 5.41) is 11.3. The Morgan fingerprint density at radius 2 is 1.82 bits per heavy atom. The summed E-state index contributed by atoms with van der Waals surface area (Å²) >= 11 is 1.30. The average molecular weight is 395 g/mol. The average Bonchev–Trinajstić information content (AvgIpc) is 3.48. The van der Waals surface area contributed by atoms with E-state index in [9.17, 15) is 4.79 Å². The van der Waals surface area contributed by atoms with Gasteiger partial charge in [0.05, 0.1) is 5.25 Å². The van der Waals surface area contributed by atoms with Crippen LogP contribution in [0.3, 0.4) is 0 Å². The number of thioether (sulfide) groups is 1. The summed E-state index contributed by atoms with van der Waals surface area (Å²) in [4.78, 5) is 12.5. The normalized spacial score (nSPS) is 14.5. The van der Waals surface area contributed by atoms with Gasteiger partial charge in [-0.05, 0) is 56.2 Å². The van der Waals surface area contributed by atoms with Crippen LogP contribution in [0.2, 0.25) is 0 Å². The van der Waals surface area contributed by atoms with Gasteiger partial charge < -0.3 is 15.9 Å². The highest BCUT2D eigenvalue weighted by Crippen LogP contribution is 2.39. The van der Waals surface area contributed by atoms with Crippen LogP contribution in [-0.2, 0) is 4.79 Å². The van der Waals surface area contributed by atoms with Gasteiger partial charge in [0.1, 0.15) is 11.5 Å². The van der Waals surface area contributed by atoms with E-state index in [0.29, 0.717) is 22.5 Å². The van der Waals surface area contributed by atoms with Crippen molar-refractivity contribution in [2.24, 2.45) is 0 Å². The van der Waals surface area contributed by atoms with Crippen molar-refractivity contribution in [1.82, 2.24) is 14.9 Å². The van der Waals surface area contributed by atoms with Crippen LogP contribution in [0.15, 0.2) is 59.8 Å². The zero-order chi connectivity index (χ0) is 19.5. The molecular formula is C20H21N5O2S. The van der Waals surface area contributed by atoms with Crippen LogP contribution < -0.4 is 15.9 Å². The molecule has 8 heteroatoms. The highest BCUT2D eigenvalue weighted by atomic mass is 32.2. The molecule has 0 spiro atoms. The lowest BCUT2D eigenvalue weighted by atomic mass is 10.3. The fourth-order valence-electron chi connectivity index (χ4n) is 2.68. The Kier molecular flexibility index (Phi) is 5.21. The third kappa shape index (κ3) is 4.28. The molecule has 1 saturated carbocycles. The number of hydrogen-bond donors (Lipinski definition) is 2. The van der Waals surface area contributed by atoms with Gasteiger partial charge in [-0.1, -0.05) is 30.0 Å². The maximum absolute atomic E-state index is 12.5. The van der Waals surface area contributed by atoms with E-state index in [-0.39, 0.29) is 11.2 Å². The molecular weight excluding hydrogens is 374 g/mol. The molecule has 1 aromatic heterocycles. The number of amides is 1. The summed E-state index contributed by atoms with van der Waals surface area (Å²) in [6.07, 6.45) is 2.19. The lowest BCUT2D eigenvalue weighted by Crippen LogP contribution is -2.23. The molecule has 1 aliphatic carbocycles. The van der Waals surface area contributed by atoms with E-state index in [4.69, 9.17) is 10.6 Å². The van der Waals surface area contributed by atoms with Crippen LogP contribution in [-0.4, -0.2) is 26.0 Å². The first-order valence-corrected chi connectivity index (χ1v) is 9.99. The molecule has 1 aliphatic rings. The maximum atomic E-state index is 12.5. The monoisotopic (exact) mass is 395 g/mol. The number of carbonyl (C=O) groups excluding carboxylic acids is 1. The van der Waals surface area contributed by atoms with Crippen LogP contribution in [0.4, 0.5) is 5.69 Å². The molecule has 1 fully saturated rings. The fraction of sp³-hybridized carbons (Fsp3) is 0.250. The minimum atomic E-state index is -0.362. The van der Waals surface area contributed by atoms with Crippen molar-refractivity contribution in [2.45, 2.75) is 36.1 Å². The summed E-state index contributed by atoms with van der Waals surface area (Å²) in [6.45, 7) is 1.82. The van der Waals surface area contributed by atoms with Gasteiger partial charge in [0.25, 0.3) is 0 Å². The standard InChI is InChI=1S/C20H21N5O2S/c1-13(28-20-24-23-18(25(20)21)14-7-8-14)19(26)22-15-9-11-17(12-10-15)27-16-5-3-2-4-6-16/h2-6,9-14H,7-8,21H2,1H3,(H,22,26). The number of carbonyl (C=O) groups is 1. The van der Waals surface area contributed by atoms with Crippen molar-refractivity contribution in [3.8, 4) is 11.5 Å². The zero-order valence-electron chi connectivity index (χ0n) is 15.4. The van der Waals surface area contributed by atoms with E-state index in [0.717, 1.165) is 24.4 Å². The van der Waals surface area contributed by atoms with Crippen LogP contribution in [0.25, 0.3) is 0 Å². The zero-order valence-corrected chi connectivity index (χ0v) is 16.2. The summed E-state index contributed by atoms with van der Waals surface area (Å²) < 4.78 is 7.26. The van der Waals surface area contributed by atoms with E-state index in [1.54, 1.807) is 0 Å². The van der Waals surface area contributed by atoms with Gasteiger partial charge in [0, 0.05) is 11.6 Å². The highest BCUT2D eigenvalue weighted by Gasteiger charge is 2.30. The largest absolute Gasteiger partial charge is 0.457 e. The molecule has 3 N–H and O–H groups in total. The smallest absolute Gasteiger partial charge is 0.237 e. The minimum Gasteiger partial charge on any atom is -0.457 e. The predicted octanol–water partition coefficient (Wildman–Crippen LogP) is 3.78. The second-order valence-electron chi connectivity index (χ2n) is 6.67. The first-order chi connectivity index (χ1) is 13.6. The molecule has 144 valence electrons. The lowest BCUT2D eigenvalue weighted by molar-refractivity contribution is -0.115. The van der Waals surface area contributed by atoms with Crippen molar-refractivity contribution in [3.05, 3.63) is 60.4 Å². The molecule has 0 saturated heterocycles. The fourth-order valence-corrected chi connectivity index (χ4v) is 3.45. The Balaban J connectivity index is 1.33. The second kappa shape index (κ2) is 7.93. The first kappa shape index (κ1) is 18.4. The number of rotatable bonds is 7. The summed E-state index contributed by atoms with van der Waals surface area (Å²) in [7, 11) is 0. The first-order valence-electron chi connectivity index (χ1n) is 9.11. The Bertz CT molecular complexity index is 954. The highest BCUT2D eigenvalue weighted by molar-refractivity contribution is 8.00. The van der Waals surface area contributed by atoms with Crippen LogP contribution >= 0.6 is 11.8 Å². The molecule has 1 amide bonds. The number of ether oxygens (including phenoxy) is 1. The second-order valence-corrected chi connectivity index (χ2v) is 7.98. The SMILES string of the molecule is CC(Sc1nnc(C2CC2)n1N)C(=O)Nc1ccc(Oc2ccccc2)cc1. The van der Waals surface area contributed by atoms with Crippen LogP contribution in [0.1, 0.15) is 31.5 Å². The molecule has 4 rings (SSSR count). The Labute approximate surface area is 167 Å². The van der Waals surface area contributed by atoms with Crippen LogP contribution in [0.5, 0.6) is 11.5 Å². The van der Waals surface area contributed by atoms with Crippen molar-refractivity contribution in [1.29, 1.82) is 0 Å².